The molecule has 2 N–H and O–H groups in total. The maximum absolute atomic E-state index is 14.4. The van der Waals surface area contributed by atoms with Crippen molar-refractivity contribution in [3.63, 3.8) is 0 Å². The van der Waals surface area contributed by atoms with Gasteiger partial charge >= 0.3 is 5.97 Å². The molecule has 0 aliphatic heterocycles. The van der Waals surface area contributed by atoms with Gasteiger partial charge in [0.1, 0.15) is 10.6 Å². The van der Waals surface area contributed by atoms with Crippen LogP contribution in [0.15, 0.2) is 53.9 Å². The Balaban J connectivity index is 1.82. The van der Waals surface area contributed by atoms with Crippen LogP contribution in [0.1, 0.15) is 15.9 Å². The maximum Gasteiger partial charge on any atom is 0.339 e. The molecule has 8 heteroatoms. The molecule has 144 valence electrons. The lowest BCUT2D eigenvalue weighted by molar-refractivity contribution is -0.120. The number of thiophene rings is 1. The molecule has 1 atom stereocenters. The van der Waals surface area contributed by atoms with Crippen LogP contribution in [0.5, 0.6) is 0 Å². The van der Waals surface area contributed by atoms with E-state index in [9.17, 15) is 19.1 Å². The summed E-state index contributed by atoms with van der Waals surface area (Å²) in [5, 5.41) is 14.5. The van der Waals surface area contributed by atoms with E-state index in [0.717, 1.165) is 11.3 Å². The molecule has 3 aromatic rings. The van der Waals surface area contributed by atoms with Crippen molar-refractivity contribution in [2.75, 3.05) is 5.32 Å². The van der Waals surface area contributed by atoms with Gasteiger partial charge in [-0.05, 0) is 29.3 Å². The molecule has 2 aromatic carbocycles. The molecule has 0 saturated heterocycles. The van der Waals surface area contributed by atoms with Gasteiger partial charge in [-0.1, -0.05) is 53.5 Å². The number of aromatic carboxylic acids is 1. The number of benzene rings is 2. The second-order valence-electron chi connectivity index (χ2n) is 5.92. The molecule has 1 unspecified atom stereocenters. The number of carbonyl (C=O) groups is 2. The van der Waals surface area contributed by atoms with Crippen molar-refractivity contribution in [3.05, 3.63) is 75.1 Å². The van der Waals surface area contributed by atoms with Crippen LogP contribution >= 0.6 is 34.5 Å². The Morgan fingerprint density at radius 3 is 2.43 bits per heavy atom. The number of halogens is 3. The Morgan fingerprint density at radius 1 is 1.11 bits per heavy atom. The quantitative estimate of drug-likeness (QED) is 0.501. The summed E-state index contributed by atoms with van der Waals surface area (Å²) in [6, 6.07) is 13.3. The molecule has 0 aliphatic carbocycles. The molecular weight excluding hydrogens is 424 g/mol. The van der Waals surface area contributed by atoms with Gasteiger partial charge in [0.05, 0.1) is 0 Å². The summed E-state index contributed by atoms with van der Waals surface area (Å²) in [4.78, 5) is 24.0. The summed E-state index contributed by atoms with van der Waals surface area (Å²) in [7, 11) is 0. The Kier molecular flexibility index (Phi) is 6.34. The van der Waals surface area contributed by atoms with Crippen LogP contribution < -0.4 is 5.32 Å². The average molecular weight is 438 g/mol. The summed E-state index contributed by atoms with van der Waals surface area (Å²) in [6.45, 7) is 0. The number of alkyl halides is 1. The van der Waals surface area contributed by atoms with E-state index >= 15 is 0 Å². The monoisotopic (exact) mass is 437 g/mol. The summed E-state index contributed by atoms with van der Waals surface area (Å²) in [5.41, 5.74) is 1.46. The van der Waals surface area contributed by atoms with E-state index < -0.39 is 18.0 Å². The van der Waals surface area contributed by atoms with Gasteiger partial charge in [-0.25, -0.2) is 9.18 Å². The lowest BCUT2D eigenvalue weighted by Crippen LogP contribution is -2.26. The number of hydrogen-bond donors (Lipinski definition) is 2. The summed E-state index contributed by atoms with van der Waals surface area (Å²) < 4.78 is 14.4. The van der Waals surface area contributed by atoms with Crippen molar-refractivity contribution in [3.8, 4) is 11.1 Å². The van der Waals surface area contributed by atoms with E-state index in [2.05, 4.69) is 5.32 Å². The van der Waals surface area contributed by atoms with Crippen LogP contribution in [0.2, 0.25) is 10.0 Å². The Bertz CT molecular complexity index is 1020. The van der Waals surface area contributed by atoms with Gasteiger partial charge in [-0.2, -0.15) is 0 Å². The lowest BCUT2D eigenvalue weighted by Gasteiger charge is -2.11. The Morgan fingerprint density at radius 2 is 1.79 bits per heavy atom. The highest BCUT2D eigenvalue weighted by molar-refractivity contribution is 7.15. The minimum atomic E-state index is -1.87. The summed E-state index contributed by atoms with van der Waals surface area (Å²) in [6.07, 6.45) is -2.08. The molecule has 0 fully saturated rings. The zero-order chi connectivity index (χ0) is 20.3. The number of carboxylic acids is 1. The highest BCUT2D eigenvalue weighted by Gasteiger charge is 2.25. The average Bonchev–Trinajstić information content (AvgIpc) is 3.08. The highest BCUT2D eigenvalue weighted by atomic mass is 35.5. The second-order valence-corrected chi connectivity index (χ2v) is 7.64. The minimum Gasteiger partial charge on any atom is -0.478 e. The third-order valence-electron chi connectivity index (χ3n) is 4.04. The first-order valence-electron chi connectivity index (χ1n) is 8.16. The summed E-state index contributed by atoms with van der Waals surface area (Å²) in [5.74, 6) is -2.14. The normalized spacial score (nSPS) is 11.8. The van der Waals surface area contributed by atoms with Gasteiger partial charge < -0.3 is 10.4 Å². The van der Waals surface area contributed by atoms with Gasteiger partial charge in [0, 0.05) is 27.4 Å². The van der Waals surface area contributed by atoms with Crippen molar-refractivity contribution >= 4 is 51.4 Å². The highest BCUT2D eigenvalue weighted by Crippen LogP contribution is 2.36. The van der Waals surface area contributed by atoms with Gasteiger partial charge in [0.15, 0.2) is 6.17 Å². The zero-order valence-electron chi connectivity index (χ0n) is 14.3. The number of anilines is 1. The van der Waals surface area contributed by atoms with Crippen LogP contribution in [-0.4, -0.2) is 23.2 Å². The third kappa shape index (κ3) is 4.52. The van der Waals surface area contributed by atoms with Gasteiger partial charge in [0.2, 0.25) is 0 Å². The molecule has 1 heterocycles. The van der Waals surface area contributed by atoms with Gasteiger partial charge in [-0.15, -0.1) is 11.3 Å². The molecule has 0 aliphatic rings. The smallest absolute Gasteiger partial charge is 0.339 e. The molecule has 0 bridgehead atoms. The van der Waals surface area contributed by atoms with Crippen LogP contribution in [0, 0.1) is 0 Å². The van der Waals surface area contributed by atoms with Gasteiger partial charge in [-0.3, -0.25) is 4.79 Å². The molecule has 0 saturated carbocycles. The predicted octanol–water partition coefficient (Wildman–Crippen LogP) is 5.94. The van der Waals surface area contributed by atoms with Crippen LogP contribution in [0.3, 0.4) is 0 Å². The van der Waals surface area contributed by atoms with E-state index in [1.807, 2.05) is 0 Å². The Labute approximate surface area is 174 Å². The van der Waals surface area contributed by atoms with Crippen LogP contribution in [-0.2, 0) is 11.2 Å². The van der Waals surface area contributed by atoms with Crippen molar-refractivity contribution in [1.29, 1.82) is 0 Å². The van der Waals surface area contributed by atoms with E-state index in [-0.39, 0.29) is 17.0 Å². The van der Waals surface area contributed by atoms with Crippen LogP contribution in [0.25, 0.3) is 11.1 Å². The van der Waals surface area contributed by atoms with Crippen LogP contribution in [0.4, 0.5) is 9.39 Å². The van der Waals surface area contributed by atoms with Crippen molar-refractivity contribution < 1.29 is 19.1 Å². The molecule has 1 amide bonds. The minimum absolute atomic E-state index is 0.0734. The number of carbonyl (C=O) groups excluding carboxylic acids is 1. The third-order valence-corrected chi connectivity index (χ3v) is 5.55. The molecule has 4 nitrogen and oxygen atoms in total. The topological polar surface area (TPSA) is 66.4 Å². The largest absolute Gasteiger partial charge is 0.478 e. The predicted molar refractivity (Wildman–Crippen MR) is 110 cm³/mol. The number of amides is 1. The zero-order valence-corrected chi connectivity index (χ0v) is 16.6. The summed E-state index contributed by atoms with van der Waals surface area (Å²) >= 11 is 12.9. The second kappa shape index (κ2) is 8.73. The number of hydrogen-bond acceptors (Lipinski definition) is 3. The molecule has 0 spiro atoms. The molecule has 0 radical (unpaired) electrons. The SMILES string of the molecule is O=C(O)c1c(-c2ccc(Cl)cc2)csc1NC(=O)C(F)Cc1ccccc1Cl. The number of nitrogens with one attached hydrogen (secondary N) is 1. The molecule has 28 heavy (non-hydrogen) atoms. The molecule has 1 aromatic heterocycles. The van der Waals surface area contributed by atoms with Crippen molar-refractivity contribution in [1.82, 2.24) is 0 Å². The van der Waals surface area contributed by atoms with Crippen molar-refractivity contribution in [2.45, 2.75) is 12.6 Å². The van der Waals surface area contributed by atoms with E-state index in [1.54, 1.807) is 53.9 Å². The standard InChI is InChI=1S/C20H14Cl2FNO3S/c21-13-7-5-11(6-8-13)14-10-28-19(17(14)20(26)27)24-18(25)16(23)9-12-3-1-2-4-15(12)22/h1-8,10,16H,9H2,(H,24,25)(H,26,27). The first-order valence-corrected chi connectivity index (χ1v) is 9.79. The number of carboxylic acid groups (broad SMARTS) is 1. The first kappa shape index (κ1) is 20.3. The fourth-order valence-corrected chi connectivity index (χ4v) is 3.95. The maximum atomic E-state index is 14.4. The fourth-order valence-electron chi connectivity index (χ4n) is 2.64. The molecular formula is C20H14Cl2FNO3S. The lowest BCUT2D eigenvalue weighted by atomic mass is 10.0. The Hall–Kier alpha value is -2.41. The first-order chi connectivity index (χ1) is 13.4. The number of rotatable bonds is 6. The van der Waals surface area contributed by atoms with E-state index in [1.165, 1.54) is 0 Å². The van der Waals surface area contributed by atoms with E-state index in [0.29, 0.717) is 26.7 Å². The van der Waals surface area contributed by atoms with E-state index in [4.69, 9.17) is 23.2 Å². The fraction of sp³-hybridized carbons (Fsp3) is 0.100. The van der Waals surface area contributed by atoms with Crippen molar-refractivity contribution in [2.24, 2.45) is 0 Å². The van der Waals surface area contributed by atoms with Gasteiger partial charge in [0.25, 0.3) is 5.91 Å². The molecule has 3 rings (SSSR count).